The molecule has 4 nitrogen and oxygen atoms in total. The number of nitrogens with zero attached hydrogens (tertiary/aromatic N) is 1. The first kappa shape index (κ1) is 14.9. The summed E-state index contributed by atoms with van der Waals surface area (Å²) >= 11 is 5.03. The minimum atomic E-state index is -0.376. The van der Waals surface area contributed by atoms with Crippen LogP contribution in [0.2, 0.25) is 0 Å². The number of hydrogen-bond donors (Lipinski definition) is 2. The summed E-state index contributed by atoms with van der Waals surface area (Å²) in [5, 5.41) is 6.92. The first-order chi connectivity index (χ1) is 10.2. The zero-order valence-electron chi connectivity index (χ0n) is 11.3. The number of methoxy groups -OCH3 is 1. The predicted molar refractivity (Wildman–Crippen MR) is 86.3 cm³/mol. The number of hydrogen-bond acceptors (Lipinski definition) is 3. The maximum atomic E-state index is 13.4. The van der Waals surface area contributed by atoms with Crippen molar-refractivity contribution in [1.82, 2.24) is 5.43 Å². The van der Waals surface area contributed by atoms with Gasteiger partial charge in [-0.3, -0.25) is 5.43 Å². The third kappa shape index (κ3) is 4.54. The molecule has 0 saturated carbocycles. The summed E-state index contributed by atoms with van der Waals surface area (Å²) in [7, 11) is 1.60. The molecule has 6 heteroatoms. The van der Waals surface area contributed by atoms with E-state index in [-0.39, 0.29) is 10.9 Å². The normalized spacial score (nSPS) is 10.4. The second-order valence-electron chi connectivity index (χ2n) is 4.08. The van der Waals surface area contributed by atoms with Crippen LogP contribution in [0.25, 0.3) is 0 Å². The molecular weight excluding hydrogens is 289 g/mol. The molecule has 0 bridgehead atoms. The average Bonchev–Trinajstić information content (AvgIpc) is 2.50. The van der Waals surface area contributed by atoms with Gasteiger partial charge in [-0.1, -0.05) is 24.3 Å². The SMILES string of the molecule is COc1cccc(/C=N/NC(=S)Nc2ccccc2F)c1. The molecule has 0 radical (unpaired) electrons. The van der Waals surface area contributed by atoms with Gasteiger partial charge in [0.25, 0.3) is 0 Å². The molecule has 0 spiro atoms. The van der Waals surface area contributed by atoms with Crippen LogP contribution in [0, 0.1) is 5.82 Å². The maximum Gasteiger partial charge on any atom is 0.191 e. The first-order valence-corrected chi connectivity index (χ1v) is 6.58. The first-order valence-electron chi connectivity index (χ1n) is 6.17. The Balaban J connectivity index is 1.91. The molecule has 0 aliphatic rings. The summed E-state index contributed by atoms with van der Waals surface area (Å²) in [5.41, 5.74) is 3.78. The number of hydrazone groups is 1. The van der Waals surface area contributed by atoms with Gasteiger partial charge in [-0.25, -0.2) is 4.39 Å². The molecule has 2 aromatic carbocycles. The number of benzene rings is 2. The van der Waals surface area contributed by atoms with Gasteiger partial charge in [0.2, 0.25) is 0 Å². The van der Waals surface area contributed by atoms with Crippen molar-refractivity contribution in [2.75, 3.05) is 12.4 Å². The van der Waals surface area contributed by atoms with Crippen molar-refractivity contribution in [2.24, 2.45) is 5.10 Å². The number of ether oxygens (including phenoxy) is 1. The van der Waals surface area contributed by atoms with Gasteiger partial charge in [0, 0.05) is 0 Å². The molecule has 0 amide bonds. The van der Waals surface area contributed by atoms with Crippen molar-refractivity contribution in [3.8, 4) is 5.75 Å². The molecule has 0 aromatic heterocycles. The number of halogens is 1. The van der Waals surface area contributed by atoms with E-state index in [0.29, 0.717) is 5.69 Å². The Morgan fingerprint density at radius 2 is 2.05 bits per heavy atom. The van der Waals surface area contributed by atoms with Crippen LogP contribution in [0.15, 0.2) is 53.6 Å². The average molecular weight is 303 g/mol. The molecule has 0 aliphatic carbocycles. The highest BCUT2D eigenvalue weighted by Crippen LogP contribution is 2.12. The summed E-state index contributed by atoms with van der Waals surface area (Å²) in [4.78, 5) is 0. The quantitative estimate of drug-likeness (QED) is 0.517. The molecule has 0 unspecified atom stereocenters. The molecule has 0 atom stereocenters. The zero-order chi connectivity index (χ0) is 15.1. The van der Waals surface area contributed by atoms with Crippen molar-refractivity contribution < 1.29 is 9.13 Å². The minimum absolute atomic E-state index is 0.208. The van der Waals surface area contributed by atoms with Crippen LogP contribution >= 0.6 is 12.2 Å². The van der Waals surface area contributed by atoms with Gasteiger partial charge in [-0.2, -0.15) is 5.10 Å². The van der Waals surface area contributed by atoms with Crippen molar-refractivity contribution in [1.29, 1.82) is 0 Å². The van der Waals surface area contributed by atoms with Crippen molar-refractivity contribution in [3.05, 3.63) is 59.9 Å². The van der Waals surface area contributed by atoms with Crippen LogP contribution in [0.4, 0.5) is 10.1 Å². The van der Waals surface area contributed by atoms with E-state index >= 15 is 0 Å². The van der Waals surface area contributed by atoms with Gasteiger partial charge in [0.15, 0.2) is 5.11 Å². The van der Waals surface area contributed by atoms with E-state index in [1.807, 2.05) is 24.3 Å². The lowest BCUT2D eigenvalue weighted by atomic mass is 10.2. The maximum absolute atomic E-state index is 13.4. The molecule has 2 N–H and O–H groups in total. The highest BCUT2D eigenvalue weighted by molar-refractivity contribution is 7.80. The third-order valence-electron chi connectivity index (χ3n) is 2.60. The van der Waals surface area contributed by atoms with E-state index < -0.39 is 0 Å². The molecule has 108 valence electrons. The lowest BCUT2D eigenvalue weighted by Crippen LogP contribution is -2.24. The Bertz CT molecular complexity index is 661. The molecule has 2 aromatic rings. The van der Waals surface area contributed by atoms with E-state index in [9.17, 15) is 4.39 Å². The number of nitrogens with one attached hydrogen (secondary N) is 2. The van der Waals surface area contributed by atoms with Crippen molar-refractivity contribution in [3.63, 3.8) is 0 Å². The number of para-hydroxylation sites is 1. The van der Waals surface area contributed by atoms with Crippen molar-refractivity contribution >= 4 is 29.2 Å². The fraction of sp³-hybridized carbons (Fsp3) is 0.0667. The third-order valence-corrected chi connectivity index (χ3v) is 2.79. The van der Waals surface area contributed by atoms with Crippen molar-refractivity contribution in [2.45, 2.75) is 0 Å². The van der Waals surface area contributed by atoms with Gasteiger partial charge in [-0.05, 0) is 42.0 Å². The zero-order valence-corrected chi connectivity index (χ0v) is 12.2. The molecule has 0 fully saturated rings. The van der Waals surface area contributed by atoms with Gasteiger partial charge in [-0.15, -0.1) is 0 Å². The van der Waals surface area contributed by atoms with Crippen LogP contribution in [-0.4, -0.2) is 18.4 Å². The second kappa shape index (κ2) is 7.35. The highest BCUT2D eigenvalue weighted by atomic mass is 32.1. The minimum Gasteiger partial charge on any atom is -0.497 e. The van der Waals surface area contributed by atoms with Gasteiger partial charge >= 0.3 is 0 Å². The molecule has 0 saturated heterocycles. The Labute approximate surface area is 127 Å². The summed E-state index contributed by atoms with van der Waals surface area (Å²) in [6.45, 7) is 0. The second-order valence-corrected chi connectivity index (χ2v) is 4.49. The summed E-state index contributed by atoms with van der Waals surface area (Å²) in [6, 6.07) is 13.7. The molecule has 0 aliphatic heterocycles. The van der Waals surface area contributed by atoms with Crippen LogP contribution in [0.3, 0.4) is 0 Å². The number of rotatable bonds is 4. The van der Waals surface area contributed by atoms with E-state index in [0.717, 1.165) is 11.3 Å². The Morgan fingerprint density at radius 3 is 2.81 bits per heavy atom. The highest BCUT2D eigenvalue weighted by Gasteiger charge is 2.01. The molecule has 2 rings (SSSR count). The topological polar surface area (TPSA) is 45.6 Å². The smallest absolute Gasteiger partial charge is 0.191 e. The lowest BCUT2D eigenvalue weighted by molar-refractivity contribution is 0.415. The predicted octanol–water partition coefficient (Wildman–Crippen LogP) is 3.15. The summed E-state index contributed by atoms with van der Waals surface area (Å²) in [5.74, 6) is 0.365. The lowest BCUT2D eigenvalue weighted by Gasteiger charge is -2.07. The van der Waals surface area contributed by atoms with E-state index in [1.165, 1.54) is 6.07 Å². The van der Waals surface area contributed by atoms with Crippen LogP contribution < -0.4 is 15.5 Å². The fourth-order valence-electron chi connectivity index (χ4n) is 1.60. The van der Waals surface area contributed by atoms with E-state index in [1.54, 1.807) is 31.5 Å². The van der Waals surface area contributed by atoms with Gasteiger partial charge < -0.3 is 10.1 Å². The molecular formula is C15H14FN3OS. The van der Waals surface area contributed by atoms with Gasteiger partial charge in [0.05, 0.1) is 19.0 Å². The fourth-order valence-corrected chi connectivity index (χ4v) is 1.76. The van der Waals surface area contributed by atoms with Crippen LogP contribution in [0.1, 0.15) is 5.56 Å². The summed E-state index contributed by atoms with van der Waals surface area (Å²) in [6.07, 6.45) is 1.60. The Hall–Kier alpha value is -2.47. The monoisotopic (exact) mass is 303 g/mol. The Morgan fingerprint density at radius 1 is 1.24 bits per heavy atom. The van der Waals surface area contributed by atoms with Crippen LogP contribution in [-0.2, 0) is 0 Å². The summed E-state index contributed by atoms with van der Waals surface area (Å²) < 4.78 is 18.5. The standard InChI is InChI=1S/C15H14FN3OS/c1-20-12-6-4-5-11(9-12)10-17-19-15(21)18-14-8-3-2-7-13(14)16/h2-10H,1H3,(H2,18,19,21)/b17-10+. The Kier molecular flexibility index (Phi) is 5.22. The molecule has 0 heterocycles. The van der Waals surface area contributed by atoms with Crippen LogP contribution in [0.5, 0.6) is 5.75 Å². The van der Waals surface area contributed by atoms with Gasteiger partial charge in [0.1, 0.15) is 11.6 Å². The van der Waals surface area contributed by atoms with E-state index in [4.69, 9.17) is 17.0 Å². The number of anilines is 1. The van der Waals surface area contributed by atoms with E-state index in [2.05, 4.69) is 15.8 Å². The number of thiocarbonyl (C=S) groups is 1. The largest absolute Gasteiger partial charge is 0.497 e. The molecule has 21 heavy (non-hydrogen) atoms.